The molecule has 8 heteroatoms. The third-order valence-electron chi connectivity index (χ3n) is 5.51. The van der Waals surface area contributed by atoms with Crippen LogP contribution in [-0.4, -0.2) is 35.8 Å². The van der Waals surface area contributed by atoms with Crippen LogP contribution in [0.5, 0.6) is 0 Å². The quantitative estimate of drug-likeness (QED) is 0.487. The number of piperidine rings is 1. The molecule has 0 bridgehead atoms. The molecule has 0 radical (unpaired) electrons. The normalized spacial score (nSPS) is 29.2. The number of ether oxygens (including phenoxy) is 1. The SMILES string of the molecule is CN1CCC(C2CC(SC(F)(F)F)=CC3=C2SC2C=CC(F)=CC2=CO3)CC1. The van der Waals surface area contributed by atoms with E-state index in [1.165, 1.54) is 24.5 Å². The minimum absolute atomic E-state index is 0.000420. The summed E-state index contributed by atoms with van der Waals surface area (Å²) < 4.78 is 58.5. The molecule has 1 saturated heterocycles. The van der Waals surface area contributed by atoms with E-state index in [-0.39, 0.29) is 33.7 Å². The lowest BCUT2D eigenvalue weighted by molar-refractivity contribution is -0.0323. The molecule has 4 rings (SSSR count). The van der Waals surface area contributed by atoms with Gasteiger partial charge in [-0.2, -0.15) is 13.2 Å². The van der Waals surface area contributed by atoms with Crippen LogP contribution >= 0.6 is 23.5 Å². The minimum atomic E-state index is -4.32. The Morgan fingerprint density at radius 3 is 2.68 bits per heavy atom. The highest BCUT2D eigenvalue weighted by molar-refractivity contribution is 8.04. The second-order valence-corrected chi connectivity index (χ2v) is 9.88. The summed E-state index contributed by atoms with van der Waals surface area (Å²) in [5.41, 5.74) is -3.62. The second-order valence-electron chi connectivity index (χ2n) is 7.50. The molecule has 0 amide bonds. The van der Waals surface area contributed by atoms with Crippen LogP contribution in [0.4, 0.5) is 17.6 Å². The first-order chi connectivity index (χ1) is 13.3. The van der Waals surface area contributed by atoms with Crippen molar-refractivity contribution in [1.29, 1.82) is 0 Å². The Morgan fingerprint density at radius 2 is 1.96 bits per heavy atom. The number of fused-ring (bicyclic) bond motifs is 1. The summed E-state index contributed by atoms with van der Waals surface area (Å²) >= 11 is 1.54. The summed E-state index contributed by atoms with van der Waals surface area (Å²) in [5.74, 6) is 0.454. The van der Waals surface area contributed by atoms with Crippen LogP contribution < -0.4 is 0 Å². The highest BCUT2D eigenvalue weighted by Crippen LogP contribution is 2.52. The first-order valence-corrected chi connectivity index (χ1v) is 11.0. The predicted octanol–water partition coefficient (Wildman–Crippen LogP) is 6.14. The van der Waals surface area contributed by atoms with Gasteiger partial charge < -0.3 is 9.64 Å². The van der Waals surface area contributed by atoms with Crippen molar-refractivity contribution in [3.8, 4) is 0 Å². The molecular weight excluding hydrogens is 410 g/mol. The van der Waals surface area contributed by atoms with E-state index in [0.717, 1.165) is 30.8 Å². The molecule has 0 spiro atoms. The van der Waals surface area contributed by atoms with Crippen molar-refractivity contribution in [1.82, 2.24) is 4.90 Å². The zero-order chi connectivity index (χ0) is 19.9. The van der Waals surface area contributed by atoms with Gasteiger partial charge in [-0.3, -0.25) is 0 Å². The van der Waals surface area contributed by atoms with Gasteiger partial charge in [0, 0.05) is 16.4 Å². The van der Waals surface area contributed by atoms with Crippen molar-refractivity contribution < 1.29 is 22.3 Å². The molecule has 0 saturated carbocycles. The van der Waals surface area contributed by atoms with Crippen LogP contribution in [0.15, 0.2) is 57.5 Å². The van der Waals surface area contributed by atoms with Gasteiger partial charge in [0.1, 0.15) is 11.6 Å². The van der Waals surface area contributed by atoms with Crippen LogP contribution in [0.1, 0.15) is 19.3 Å². The molecule has 2 nitrogen and oxygen atoms in total. The molecular formula is C20H21F4NOS2. The maximum atomic E-state index is 13.6. The highest BCUT2D eigenvalue weighted by atomic mass is 32.2. The summed E-state index contributed by atoms with van der Waals surface area (Å²) in [6.45, 7) is 1.89. The molecule has 2 aliphatic carbocycles. The molecule has 0 aromatic rings. The molecule has 0 aromatic carbocycles. The van der Waals surface area contributed by atoms with Crippen molar-refractivity contribution in [2.75, 3.05) is 20.1 Å². The number of likely N-dealkylation sites (tertiary alicyclic amines) is 1. The monoisotopic (exact) mass is 431 g/mol. The van der Waals surface area contributed by atoms with Crippen LogP contribution in [0.2, 0.25) is 0 Å². The number of alkyl halides is 3. The van der Waals surface area contributed by atoms with Crippen molar-refractivity contribution in [2.45, 2.75) is 30.0 Å². The van der Waals surface area contributed by atoms with E-state index in [1.807, 2.05) is 0 Å². The van der Waals surface area contributed by atoms with Gasteiger partial charge in [-0.25, -0.2) is 4.39 Å². The number of nitrogens with zero attached hydrogens (tertiary/aromatic N) is 1. The van der Waals surface area contributed by atoms with Crippen molar-refractivity contribution in [2.24, 2.45) is 11.8 Å². The maximum absolute atomic E-state index is 13.6. The van der Waals surface area contributed by atoms with Crippen LogP contribution in [0.25, 0.3) is 0 Å². The topological polar surface area (TPSA) is 12.5 Å². The lowest BCUT2D eigenvalue weighted by Gasteiger charge is -2.38. The van der Waals surface area contributed by atoms with Crippen molar-refractivity contribution in [3.05, 3.63) is 57.5 Å². The Kier molecular flexibility index (Phi) is 5.73. The summed E-state index contributed by atoms with van der Waals surface area (Å²) in [7, 11) is 2.07. The zero-order valence-electron chi connectivity index (χ0n) is 15.3. The Balaban J connectivity index is 1.65. The van der Waals surface area contributed by atoms with E-state index in [1.54, 1.807) is 17.8 Å². The van der Waals surface area contributed by atoms with E-state index in [0.29, 0.717) is 23.7 Å². The number of thioether (sulfide) groups is 2. The number of allylic oxidation sites excluding steroid dienone is 6. The summed E-state index contributed by atoms with van der Waals surface area (Å²) in [6, 6.07) is 0. The molecule has 2 atom stereocenters. The Labute approximate surface area is 170 Å². The molecule has 152 valence electrons. The molecule has 2 unspecified atom stereocenters. The van der Waals surface area contributed by atoms with E-state index in [4.69, 9.17) is 4.74 Å². The van der Waals surface area contributed by atoms with Gasteiger partial charge in [-0.1, -0.05) is 6.08 Å². The van der Waals surface area contributed by atoms with Gasteiger partial charge in [0.05, 0.1) is 11.5 Å². The van der Waals surface area contributed by atoms with Crippen molar-refractivity contribution in [3.63, 3.8) is 0 Å². The van der Waals surface area contributed by atoms with E-state index in [2.05, 4.69) is 11.9 Å². The first kappa shape index (κ1) is 20.2. The van der Waals surface area contributed by atoms with E-state index >= 15 is 0 Å². The standard InChI is InChI=1S/C20H21F4NOS2/c1-25-6-4-12(5-7-25)16-9-15(28-20(22,23)24)10-17-19(16)27-18-3-2-14(21)8-13(18)11-26-17/h2-3,8,10-12,16,18H,4-7,9H2,1H3. The minimum Gasteiger partial charge on any atom is -0.464 e. The fraction of sp³-hybridized carbons (Fsp3) is 0.500. The molecule has 2 heterocycles. The summed E-state index contributed by atoms with van der Waals surface area (Å²) in [6.07, 6.45) is 9.95. The van der Waals surface area contributed by atoms with E-state index in [9.17, 15) is 17.6 Å². The number of rotatable bonds is 2. The summed E-state index contributed by atoms with van der Waals surface area (Å²) in [5, 5.41) is -0.0778. The van der Waals surface area contributed by atoms with Crippen LogP contribution in [-0.2, 0) is 4.74 Å². The highest BCUT2D eigenvalue weighted by Gasteiger charge is 2.39. The molecule has 0 N–H and O–H groups in total. The van der Waals surface area contributed by atoms with Gasteiger partial charge in [0.15, 0.2) is 0 Å². The number of hydrogen-bond acceptors (Lipinski definition) is 4. The zero-order valence-corrected chi connectivity index (χ0v) is 17.0. The van der Waals surface area contributed by atoms with Crippen LogP contribution in [0.3, 0.4) is 0 Å². The van der Waals surface area contributed by atoms with Gasteiger partial charge in [-0.05, 0) is 80.2 Å². The van der Waals surface area contributed by atoms with E-state index < -0.39 is 5.51 Å². The average Bonchev–Trinajstić information content (AvgIpc) is 2.80. The number of halogens is 4. The largest absolute Gasteiger partial charge is 0.464 e. The Morgan fingerprint density at radius 1 is 1.21 bits per heavy atom. The lowest BCUT2D eigenvalue weighted by atomic mass is 9.80. The molecule has 4 aliphatic rings. The predicted molar refractivity (Wildman–Crippen MR) is 106 cm³/mol. The van der Waals surface area contributed by atoms with Gasteiger partial charge >= 0.3 is 5.51 Å². The number of hydrogen-bond donors (Lipinski definition) is 0. The molecule has 28 heavy (non-hydrogen) atoms. The summed E-state index contributed by atoms with van der Waals surface area (Å²) in [4.78, 5) is 3.54. The smallest absolute Gasteiger partial charge is 0.446 e. The third kappa shape index (κ3) is 4.54. The third-order valence-corrected chi connectivity index (χ3v) is 7.73. The van der Waals surface area contributed by atoms with Gasteiger partial charge in [0.2, 0.25) is 0 Å². The molecule has 0 aromatic heterocycles. The second kappa shape index (κ2) is 7.95. The fourth-order valence-electron chi connectivity index (χ4n) is 4.09. The maximum Gasteiger partial charge on any atom is 0.446 e. The molecule has 2 aliphatic heterocycles. The van der Waals surface area contributed by atoms with Crippen molar-refractivity contribution >= 4 is 23.5 Å². The average molecular weight is 432 g/mol. The van der Waals surface area contributed by atoms with Gasteiger partial charge in [0.25, 0.3) is 0 Å². The Hall–Kier alpha value is -1.12. The van der Waals surface area contributed by atoms with Gasteiger partial charge in [-0.15, -0.1) is 11.8 Å². The lowest BCUT2D eigenvalue weighted by Crippen LogP contribution is -2.34. The van der Waals surface area contributed by atoms with Crippen LogP contribution in [0, 0.1) is 11.8 Å². The Bertz CT molecular complexity index is 789. The first-order valence-electron chi connectivity index (χ1n) is 9.26. The fourth-order valence-corrected chi connectivity index (χ4v) is 6.18. The molecule has 1 fully saturated rings.